The van der Waals surface area contributed by atoms with Gasteiger partial charge in [-0.15, -0.1) is 0 Å². The second-order valence-corrected chi connectivity index (χ2v) is 25.4. The first-order chi connectivity index (χ1) is 41.4. The number of rotatable bonds is 27. The van der Waals surface area contributed by atoms with E-state index < -0.39 is 11.9 Å². The number of carboxylic acid groups (broad SMARTS) is 1. The maximum absolute atomic E-state index is 13.3. The first-order valence-electron chi connectivity index (χ1n) is 31.0. The monoisotopic (exact) mass is 1190 g/mol. The summed E-state index contributed by atoms with van der Waals surface area (Å²) in [7, 11) is 4.34. The van der Waals surface area contributed by atoms with Gasteiger partial charge in [-0.3, -0.25) is 15.0 Å². The predicted molar refractivity (Wildman–Crippen MR) is 332 cm³/mol. The highest BCUT2D eigenvalue weighted by Gasteiger charge is 2.30. The van der Waals surface area contributed by atoms with E-state index in [0.717, 1.165) is 143 Å². The number of ether oxygens (including phenoxy) is 6. The summed E-state index contributed by atoms with van der Waals surface area (Å²) in [4.78, 5) is 46.6. The van der Waals surface area contributed by atoms with Crippen LogP contribution in [-0.2, 0) is 14.3 Å². The average Bonchev–Trinajstić information content (AvgIpc) is 1.46. The van der Waals surface area contributed by atoms with Gasteiger partial charge in [0.05, 0.1) is 70.8 Å². The van der Waals surface area contributed by atoms with E-state index in [9.17, 15) is 9.90 Å². The number of hydrogen-bond donors (Lipinski definition) is 5. The van der Waals surface area contributed by atoms with Crippen LogP contribution in [0.4, 0.5) is 23.3 Å². The number of piperazine rings is 2. The zero-order valence-electron chi connectivity index (χ0n) is 51.9. The SMILES string of the molecule is CN1CCN(CCCOc2cc(OC3CCN(CCOC(C)(C)C)CC3)c3c(Nc4cc(C(C(=O)O)c5cc(Nc6ncnc7cc(OCCCN8CCN(C)CC8)cc(OC8CCN(CCOC(C)(C)C)CC8)c67)n[nH]5)[nH]n4)ncnc3c2)CC1. The van der Waals surface area contributed by atoms with Crippen LogP contribution in [0, 0.1) is 0 Å². The van der Waals surface area contributed by atoms with E-state index >= 15 is 0 Å². The molecular weight excluding hydrogens is 1100 g/mol. The average molecular weight is 1190 g/mol. The highest BCUT2D eigenvalue weighted by molar-refractivity contribution is 5.97. The van der Waals surface area contributed by atoms with Crippen molar-refractivity contribution in [1.29, 1.82) is 0 Å². The first-order valence-corrected chi connectivity index (χ1v) is 31.0. The number of fused-ring (bicyclic) bond motifs is 2. The molecule has 468 valence electrons. The minimum Gasteiger partial charge on any atom is -0.493 e. The molecule has 0 radical (unpaired) electrons. The molecule has 4 aliphatic rings. The molecule has 24 nitrogen and oxygen atoms in total. The number of aliphatic carboxylic acids is 1. The lowest BCUT2D eigenvalue weighted by molar-refractivity contribution is -0.137. The third-order valence-corrected chi connectivity index (χ3v) is 16.4. The fourth-order valence-electron chi connectivity index (χ4n) is 11.5. The van der Waals surface area contributed by atoms with Gasteiger partial charge >= 0.3 is 5.97 Å². The van der Waals surface area contributed by atoms with Crippen molar-refractivity contribution >= 4 is 51.0 Å². The molecule has 0 atom stereocenters. The summed E-state index contributed by atoms with van der Waals surface area (Å²) in [5.74, 6) is 1.82. The Morgan fingerprint density at radius 1 is 0.547 bits per heavy atom. The van der Waals surface area contributed by atoms with Gasteiger partial charge in [-0.2, -0.15) is 10.2 Å². The number of carbonyl (C=O) groups is 1. The molecule has 4 aromatic heterocycles. The first kappa shape index (κ1) is 62.5. The molecule has 0 amide bonds. The van der Waals surface area contributed by atoms with Crippen LogP contribution in [0.1, 0.15) is 97.4 Å². The van der Waals surface area contributed by atoms with Gasteiger partial charge in [0, 0.05) is 141 Å². The van der Waals surface area contributed by atoms with Gasteiger partial charge in [0.25, 0.3) is 0 Å². The zero-order chi connectivity index (χ0) is 60.2. The number of hydrogen-bond acceptors (Lipinski definition) is 21. The molecule has 10 rings (SSSR count). The number of piperidine rings is 2. The Morgan fingerprint density at radius 3 is 1.33 bits per heavy atom. The number of anilines is 4. The molecule has 4 aliphatic heterocycles. The fraction of sp³-hybridized carbons (Fsp3) is 0.629. The van der Waals surface area contributed by atoms with Crippen molar-refractivity contribution in [2.24, 2.45) is 0 Å². The summed E-state index contributed by atoms with van der Waals surface area (Å²) < 4.78 is 38.7. The van der Waals surface area contributed by atoms with Crippen molar-refractivity contribution in [2.75, 3.05) is 156 Å². The number of likely N-dealkylation sites (tertiary alicyclic amines) is 2. The van der Waals surface area contributed by atoms with E-state index in [4.69, 9.17) is 38.4 Å². The molecule has 5 N–H and O–H groups in total. The molecular formula is C62H92N16O8. The van der Waals surface area contributed by atoms with Crippen molar-refractivity contribution in [3.8, 4) is 23.0 Å². The summed E-state index contributed by atoms with van der Waals surface area (Å²) in [6, 6.07) is 11.0. The van der Waals surface area contributed by atoms with Gasteiger partial charge in [-0.1, -0.05) is 0 Å². The van der Waals surface area contributed by atoms with E-state index in [1.807, 2.05) is 24.3 Å². The Balaban J connectivity index is 0.840. The Kier molecular flexibility index (Phi) is 21.1. The van der Waals surface area contributed by atoms with Gasteiger partial charge in [-0.25, -0.2) is 19.9 Å². The number of nitrogens with zero attached hydrogens (tertiary/aromatic N) is 12. The van der Waals surface area contributed by atoms with Crippen molar-refractivity contribution in [1.82, 2.24) is 69.7 Å². The summed E-state index contributed by atoms with van der Waals surface area (Å²) in [5.41, 5.74) is 1.53. The van der Waals surface area contributed by atoms with Crippen LogP contribution < -0.4 is 29.6 Å². The molecule has 4 fully saturated rings. The lowest BCUT2D eigenvalue weighted by atomic mass is 10.0. The predicted octanol–water partition coefficient (Wildman–Crippen LogP) is 7.07. The number of carboxylic acids is 1. The van der Waals surface area contributed by atoms with E-state index in [1.54, 1.807) is 12.1 Å². The standard InChI is InChI=1S/C62H92N16O8/c1-61(2,3)83-33-29-77-17-11-43(12-18-77)85-51-37-45(81-31-9-15-75-25-21-73(7)22-26-75)35-47-56(51)58(65-41-63-47)67-53-39-49(69-71-53)55(60(79)80)50-40-54(72-70-50)68-59-57-48(64-42-66-59)36-46(82-32-10-16-76-27-23-74(8)24-28-76)38-52(57)86-44-13-19-78(20-14-44)30-34-84-62(4,5)6/h35-44,55H,9-34H2,1-8H3,(H,79,80)(H2,63,65,67,69,71)(H2,64,66,68,70,72). The normalized spacial score (nSPS) is 18.1. The smallest absolute Gasteiger partial charge is 0.318 e. The number of nitrogens with one attached hydrogen (secondary N) is 4. The van der Waals surface area contributed by atoms with Crippen molar-refractivity contribution in [2.45, 2.75) is 109 Å². The minimum absolute atomic E-state index is 0.0537. The van der Waals surface area contributed by atoms with Gasteiger partial charge < -0.3 is 73.6 Å². The number of likely N-dealkylation sites (N-methyl/N-ethyl adjacent to an activating group) is 2. The topological polar surface area (TPSA) is 245 Å². The molecule has 2 aromatic carbocycles. The lowest BCUT2D eigenvalue weighted by Crippen LogP contribution is -2.44. The van der Waals surface area contributed by atoms with Crippen molar-refractivity contribution in [3.05, 3.63) is 60.4 Å². The molecule has 0 bridgehead atoms. The second-order valence-electron chi connectivity index (χ2n) is 25.4. The second kappa shape index (κ2) is 29.0. The third kappa shape index (κ3) is 17.8. The molecule has 0 saturated carbocycles. The van der Waals surface area contributed by atoms with E-state index in [2.05, 4.69) is 126 Å². The summed E-state index contributed by atoms with van der Waals surface area (Å²) >= 11 is 0. The molecule has 0 spiro atoms. The molecule has 0 unspecified atom stereocenters. The van der Waals surface area contributed by atoms with Crippen LogP contribution in [0.3, 0.4) is 0 Å². The van der Waals surface area contributed by atoms with Crippen molar-refractivity contribution < 1.29 is 38.3 Å². The highest BCUT2D eigenvalue weighted by Crippen LogP contribution is 2.40. The molecule has 86 heavy (non-hydrogen) atoms. The van der Waals surface area contributed by atoms with Crippen LogP contribution in [0.15, 0.2) is 49.1 Å². The summed E-state index contributed by atoms with van der Waals surface area (Å²) in [6.45, 7) is 30.6. The van der Waals surface area contributed by atoms with Gasteiger partial charge in [-0.05, 0) is 94.2 Å². The van der Waals surface area contributed by atoms with Gasteiger partial charge in [0.15, 0.2) is 11.6 Å². The Bertz CT molecular complexity index is 2920. The number of aromatic amines is 2. The van der Waals surface area contributed by atoms with Crippen LogP contribution in [0.5, 0.6) is 23.0 Å². The van der Waals surface area contributed by atoms with Crippen molar-refractivity contribution in [3.63, 3.8) is 0 Å². The molecule has 24 heteroatoms. The van der Waals surface area contributed by atoms with Gasteiger partial charge in [0.1, 0.15) is 65.4 Å². The molecule has 6 aromatic rings. The highest BCUT2D eigenvalue weighted by atomic mass is 16.5. The van der Waals surface area contributed by atoms with E-state index in [-0.39, 0.29) is 23.4 Å². The van der Waals surface area contributed by atoms with Crippen LogP contribution in [0.25, 0.3) is 21.8 Å². The molecule has 4 saturated heterocycles. The number of benzene rings is 2. The Hall–Kier alpha value is -6.51. The largest absolute Gasteiger partial charge is 0.493 e. The maximum atomic E-state index is 13.3. The molecule has 0 aliphatic carbocycles. The molecule has 8 heterocycles. The fourth-order valence-corrected chi connectivity index (χ4v) is 11.5. The summed E-state index contributed by atoms with van der Waals surface area (Å²) in [5, 5.41) is 33.9. The van der Waals surface area contributed by atoms with Crippen LogP contribution in [0.2, 0.25) is 0 Å². The Morgan fingerprint density at radius 2 is 0.942 bits per heavy atom. The lowest BCUT2D eigenvalue weighted by Gasteiger charge is -2.33. The number of aromatic nitrogens is 8. The number of H-pyrrole nitrogens is 2. The Labute approximate surface area is 506 Å². The quantitative estimate of drug-likeness (QED) is 0.0324. The zero-order valence-corrected chi connectivity index (χ0v) is 51.9. The third-order valence-electron chi connectivity index (χ3n) is 16.4. The maximum Gasteiger partial charge on any atom is 0.318 e. The minimum atomic E-state index is -1.20. The van der Waals surface area contributed by atoms with E-state index in [1.165, 1.54) is 12.7 Å². The van der Waals surface area contributed by atoms with Crippen LogP contribution in [-0.4, -0.2) is 249 Å². The van der Waals surface area contributed by atoms with Crippen LogP contribution >= 0.6 is 0 Å². The summed E-state index contributed by atoms with van der Waals surface area (Å²) in [6.07, 6.45) is 8.00. The van der Waals surface area contributed by atoms with E-state index in [0.29, 0.717) is 106 Å². The van der Waals surface area contributed by atoms with Gasteiger partial charge in [0.2, 0.25) is 0 Å².